The van der Waals surface area contributed by atoms with Crippen LogP contribution in [0.3, 0.4) is 0 Å². The van der Waals surface area contributed by atoms with Crippen LogP contribution in [0.4, 0.5) is 11.4 Å². The average Bonchev–Trinajstić information content (AvgIpc) is 2.34. The van der Waals surface area contributed by atoms with Crippen LogP contribution in [0.1, 0.15) is 18.4 Å². The number of nitro benzene ring substituents is 1. The van der Waals surface area contributed by atoms with Crippen molar-refractivity contribution in [3.63, 3.8) is 0 Å². The van der Waals surface area contributed by atoms with Crippen LogP contribution in [0, 0.1) is 17.0 Å². The van der Waals surface area contributed by atoms with E-state index in [-0.39, 0.29) is 10.6 Å². The summed E-state index contributed by atoms with van der Waals surface area (Å²) in [4.78, 5) is 12.9. The van der Waals surface area contributed by atoms with E-state index < -0.39 is 0 Å². The van der Waals surface area contributed by atoms with E-state index in [1.807, 2.05) is 0 Å². The molecule has 5 nitrogen and oxygen atoms in total. The lowest BCUT2D eigenvalue weighted by atomic mass is 10.0. The summed E-state index contributed by atoms with van der Waals surface area (Å²) >= 11 is 3.47. The molecular formula is C13H18BrN3O2. The van der Waals surface area contributed by atoms with Crippen LogP contribution >= 0.6 is 15.9 Å². The monoisotopic (exact) mass is 327 g/mol. The standard InChI is InChI=1S/C13H18BrN3O2/c1-9-7-11(14)12(8-13(9)17(18)19)15-10-3-5-16(2)6-4-10/h7-8,10,15H,3-6H2,1-2H3. The minimum atomic E-state index is -0.332. The van der Waals surface area contributed by atoms with Gasteiger partial charge in [0.25, 0.3) is 5.69 Å². The number of nitrogens with zero attached hydrogens (tertiary/aromatic N) is 2. The molecule has 0 saturated carbocycles. The fourth-order valence-electron chi connectivity index (χ4n) is 2.34. The fourth-order valence-corrected chi connectivity index (χ4v) is 2.91. The first-order valence-electron chi connectivity index (χ1n) is 6.37. The first-order valence-corrected chi connectivity index (χ1v) is 7.16. The van der Waals surface area contributed by atoms with Crippen LogP contribution in [0.5, 0.6) is 0 Å². The minimum Gasteiger partial charge on any atom is -0.381 e. The number of nitrogens with one attached hydrogen (secondary N) is 1. The lowest BCUT2D eigenvalue weighted by molar-refractivity contribution is -0.385. The van der Waals surface area contributed by atoms with Crippen LogP contribution in [-0.2, 0) is 0 Å². The highest BCUT2D eigenvalue weighted by atomic mass is 79.9. The molecular weight excluding hydrogens is 310 g/mol. The van der Waals surface area contributed by atoms with E-state index in [0.29, 0.717) is 11.6 Å². The van der Waals surface area contributed by atoms with Crippen LogP contribution in [-0.4, -0.2) is 36.0 Å². The maximum Gasteiger partial charge on any atom is 0.274 e. The number of hydrogen-bond donors (Lipinski definition) is 1. The Morgan fingerprint density at radius 1 is 1.42 bits per heavy atom. The molecule has 0 bridgehead atoms. The molecule has 1 aliphatic rings. The molecule has 0 atom stereocenters. The Hall–Kier alpha value is -1.14. The van der Waals surface area contributed by atoms with E-state index in [0.717, 1.165) is 36.1 Å². The number of halogens is 1. The third kappa shape index (κ3) is 3.45. The minimum absolute atomic E-state index is 0.165. The molecule has 0 aliphatic carbocycles. The van der Waals surface area contributed by atoms with E-state index in [2.05, 4.69) is 33.2 Å². The summed E-state index contributed by atoms with van der Waals surface area (Å²) in [5.74, 6) is 0. The highest BCUT2D eigenvalue weighted by Crippen LogP contribution is 2.31. The predicted octanol–water partition coefficient (Wildman–Crippen LogP) is 3.17. The number of benzene rings is 1. The number of piperidine rings is 1. The maximum atomic E-state index is 11.0. The molecule has 2 rings (SSSR count). The van der Waals surface area contributed by atoms with Crippen LogP contribution in [0.15, 0.2) is 16.6 Å². The summed E-state index contributed by atoms with van der Waals surface area (Å²) in [6.45, 7) is 3.87. The third-order valence-electron chi connectivity index (χ3n) is 3.56. The number of nitro groups is 1. The van der Waals surface area contributed by atoms with Crippen molar-refractivity contribution in [1.29, 1.82) is 0 Å². The van der Waals surface area contributed by atoms with Crippen molar-refractivity contribution in [2.24, 2.45) is 0 Å². The van der Waals surface area contributed by atoms with Crippen molar-refractivity contribution in [1.82, 2.24) is 4.90 Å². The highest BCUT2D eigenvalue weighted by Gasteiger charge is 2.19. The topological polar surface area (TPSA) is 58.4 Å². The predicted molar refractivity (Wildman–Crippen MR) is 79.7 cm³/mol. The molecule has 1 heterocycles. The molecule has 19 heavy (non-hydrogen) atoms. The van der Waals surface area contributed by atoms with Crippen LogP contribution in [0.25, 0.3) is 0 Å². The van der Waals surface area contributed by atoms with Crippen molar-refractivity contribution < 1.29 is 4.92 Å². The zero-order valence-electron chi connectivity index (χ0n) is 11.1. The zero-order chi connectivity index (χ0) is 14.0. The lowest BCUT2D eigenvalue weighted by Crippen LogP contribution is -2.36. The van der Waals surface area contributed by atoms with Gasteiger partial charge in [-0.2, -0.15) is 0 Å². The highest BCUT2D eigenvalue weighted by molar-refractivity contribution is 9.10. The second-order valence-corrected chi connectivity index (χ2v) is 5.95. The van der Waals surface area contributed by atoms with E-state index in [1.165, 1.54) is 0 Å². The van der Waals surface area contributed by atoms with Gasteiger partial charge in [-0.25, -0.2) is 0 Å². The summed E-state index contributed by atoms with van der Waals surface area (Å²) in [6.07, 6.45) is 2.12. The molecule has 104 valence electrons. The number of aryl methyl sites for hydroxylation is 1. The SMILES string of the molecule is Cc1cc(Br)c(NC2CCN(C)CC2)cc1[N+](=O)[O-]. The molecule has 0 amide bonds. The fraction of sp³-hybridized carbons (Fsp3) is 0.538. The van der Waals surface area contributed by atoms with Crippen molar-refractivity contribution in [3.8, 4) is 0 Å². The first-order chi connectivity index (χ1) is 8.97. The lowest BCUT2D eigenvalue weighted by Gasteiger charge is -2.30. The second kappa shape index (κ2) is 5.88. The van der Waals surface area contributed by atoms with E-state index in [1.54, 1.807) is 19.1 Å². The first kappa shape index (κ1) is 14.3. The van der Waals surface area contributed by atoms with Crippen molar-refractivity contribution in [2.75, 3.05) is 25.5 Å². The van der Waals surface area contributed by atoms with Gasteiger partial charge in [0.15, 0.2) is 0 Å². The molecule has 0 aromatic heterocycles. The van der Waals surface area contributed by atoms with Crippen molar-refractivity contribution >= 4 is 27.3 Å². The maximum absolute atomic E-state index is 11.0. The Morgan fingerprint density at radius 3 is 2.63 bits per heavy atom. The Bertz CT molecular complexity index is 485. The summed E-state index contributed by atoms with van der Waals surface area (Å²) in [5.41, 5.74) is 1.65. The molecule has 1 N–H and O–H groups in total. The Labute approximate surface area is 121 Å². The zero-order valence-corrected chi connectivity index (χ0v) is 12.7. The molecule has 0 spiro atoms. The smallest absolute Gasteiger partial charge is 0.274 e. The average molecular weight is 328 g/mol. The van der Waals surface area contributed by atoms with Crippen molar-refractivity contribution in [2.45, 2.75) is 25.8 Å². The van der Waals surface area contributed by atoms with E-state index in [9.17, 15) is 10.1 Å². The van der Waals surface area contributed by atoms with Gasteiger partial charge in [-0.15, -0.1) is 0 Å². The van der Waals surface area contributed by atoms with Crippen molar-refractivity contribution in [3.05, 3.63) is 32.3 Å². The van der Waals surface area contributed by atoms with Gasteiger partial charge in [0.1, 0.15) is 0 Å². The van der Waals surface area contributed by atoms with Gasteiger partial charge in [0, 0.05) is 22.1 Å². The van der Waals surface area contributed by atoms with Gasteiger partial charge in [0.2, 0.25) is 0 Å². The Kier molecular flexibility index (Phi) is 4.42. The summed E-state index contributed by atoms with van der Waals surface area (Å²) in [5, 5.41) is 14.4. The van der Waals surface area contributed by atoms with Crippen LogP contribution < -0.4 is 5.32 Å². The molecule has 6 heteroatoms. The third-order valence-corrected chi connectivity index (χ3v) is 4.22. The van der Waals surface area contributed by atoms with Crippen LogP contribution in [0.2, 0.25) is 0 Å². The molecule has 1 aliphatic heterocycles. The molecule has 1 saturated heterocycles. The molecule has 0 unspecified atom stereocenters. The number of hydrogen-bond acceptors (Lipinski definition) is 4. The summed E-state index contributed by atoms with van der Waals surface area (Å²) < 4.78 is 0.884. The van der Waals surface area contributed by atoms with Gasteiger partial charge in [-0.05, 0) is 61.9 Å². The number of likely N-dealkylation sites (tertiary alicyclic amines) is 1. The summed E-state index contributed by atoms with van der Waals surface area (Å²) in [6, 6.07) is 3.81. The number of rotatable bonds is 3. The van der Waals surface area contributed by atoms with Gasteiger partial charge in [0.05, 0.1) is 10.6 Å². The summed E-state index contributed by atoms with van der Waals surface area (Å²) in [7, 11) is 2.11. The van der Waals surface area contributed by atoms with Gasteiger partial charge in [-0.1, -0.05) is 0 Å². The Balaban J connectivity index is 2.15. The normalized spacial score (nSPS) is 17.4. The van der Waals surface area contributed by atoms with Gasteiger partial charge in [-0.3, -0.25) is 10.1 Å². The van der Waals surface area contributed by atoms with E-state index >= 15 is 0 Å². The van der Waals surface area contributed by atoms with Gasteiger partial charge < -0.3 is 10.2 Å². The van der Waals surface area contributed by atoms with E-state index in [4.69, 9.17) is 0 Å². The Morgan fingerprint density at radius 2 is 2.05 bits per heavy atom. The molecule has 0 radical (unpaired) electrons. The van der Waals surface area contributed by atoms with Gasteiger partial charge >= 0.3 is 0 Å². The molecule has 1 aromatic carbocycles. The molecule has 1 fully saturated rings. The second-order valence-electron chi connectivity index (χ2n) is 5.10. The number of anilines is 1. The largest absolute Gasteiger partial charge is 0.381 e. The molecule has 1 aromatic rings. The quantitative estimate of drug-likeness (QED) is 0.684.